The lowest BCUT2D eigenvalue weighted by Crippen LogP contribution is -2.20. The van der Waals surface area contributed by atoms with Crippen molar-refractivity contribution in [2.75, 3.05) is 0 Å². The molecular formula is C15H12O5. The zero-order valence-electron chi connectivity index (χ0n) is 10.4. The first-order valence-electron chi connectivity index (χ1n) is 6.10. The van der Waals surface area contributed by atoms with Crippen molar-refractivity contribution in [1.82, 2.24) is 0 Å². The predicted molar refractivity (Wildman–Crippen MR) is 70.2 cm³/mol. The molecule has 5 heteroatoms. The zero-order valence-corrected chi connectivity index (χ0v) is 10.4. The number of rotatable bonds is 1. The van der Waals surface area contributed by atoms with Gasteiger partial charge in [0.25, 0.3) is 0 Å². The molecule has 1 aliphatic heterocycles. The van der Waals surface area contributed by atoms with Crippen LogP contribution in [0.25, 0.3) is 0 Å². The number of phenols is 3. The third-order valence-electron chi connectivity index (χ3n) is 3.28. The third kappa shape index (κ3) is 1.93. The average Bonchev–Trinajstić information content (AvgIpc) is 2.41. The quantitative estimate of drug-likeness (QED) is 0.694. The van der Waals surface area contributed by atoms with Crippen LogP contribution >= 0.6 is 0 Å². The Balaban J connectivity index is 2.04. The molecule has 20 heavy (non-hydrogen) atoms. The summed E-state index contributed by atoms with van der Waals surface area (Å²) in [5, 5.41) is 29.0. The summed E-state index contributed by atoms with van der Waals surface area (Å²) >= 11 is 0. The molecule has 0 saturated carbocycles. The molecule has 2 aromatic rings. The van der Waals surface area contributed by atoms with Gasteiger partial charge < -0.3 is 20.1 Å². The fourth-order valence-electron chi connectivity index (χ4n) is 2.34. The number of aromatic hydroxyl groups is 3. The monoisotopic (exact) mass is 272 g/mol. The molecule has 0 fully saturated rings. The van der Waals surface area contributed by atoms with E-state index in [1.807, 2.05) is 0 Å². The highest BCUT2D eigenvalue weighted by Gasteiger charge is 2.31. The summed E-state index contributed by atoms with van der Waals surface area (Å²) in [4.78, 5) is 12.1. The molecule has 0 amide bonds. The van der Waals surface area contributed by atoms with E-state index in [4.69, 9.17) is 4.74 Å². The number of carbonyl (C=O) groups excluding carboxylic acids is 1. The summed E-state index contributed by atoms with van der Waals surface area (Å²) in [5.41, 5.74) is 0.496. The van der Waals surface area contributed by atoms with Crippen LogP contribution in [-0.2, 0) is 0 Å². The van der Waals surface area contributed by atoms with Gasteiger partial charge in [0.15, 0.2) is 5.78 Å². The van der Waals surface area contributed by atoms with Crippen LogP contribution < -0.4 is 4.74 Å². The number of phenolic OH excluding ortho intramolecular Hbond substituents is 3. The van der Waals surface area contributed by atoms with Gasteiger partial charge in [-0.1, -0.05) is 6.07 Å². The number of hydrogen-bond acceptors (Lipinski definition) is 5. The molecule has 1 atom stereocenters. The zero-order chi connectivity index (χ0) is 14.3. The van der Waals surface area contributed by atoms with E-state index in [0.717, 1.165) is 0 Å². The molecule has 0 unspecified atom stereocenters. The maximum Gasteiger partial charge on any atom is 0.174 e. The van der Waals surface area contributed by atoms with Crippen molar-refractivity contribution >= 4 is 5.78 Å². The Morgan fingerprint density at radius 2 is 1.85 bits per heavy atom. The largest absolute Gasteiger partial charge is 0.508 e. The first-order chi connectivity index (χ1) is 9.56. The maximum atomic E-state index is 12.1. The summed E-state index contributed by atoms with van der Waals surface area (Å²) in [6, 6.07) is 8.64. The van der Waals surface area contributed by atoms with Gasteiger partial charge in [0.2, 0.25) is 0 Å². The molecule has 2 aromatic carbocycles. The Morgan fingerprint density at radius 3 is 2.65 bits per heavy atom. The second kappa shape index (κ2) is 4.45. The fourth-order valence-corrected chi connectivity index (χ4v) is 2.34. The van der Waals surface area contributed by atoms with E-state index in [0.29, 0.717) is 5.56 Å². The van der Waals surface area contributed by atoms with Crippen LogP contribution in [0, 0.1) is 0 Å². The van der Waals surface area contributed by atoms with Crippen LogP contribution in [0.1, 0.15) is 28.4 Å². The Labute approximate surface area is 114 Å². The highest BCUT2D eigenvalue weighted by molar-refractivity contribution is 6.02. The minimum atomic E-state index is -0.691. The second-order valence-electron chi connectivity index (χ2n) is 4.63. The molecule has 0 spiro atoms. The van der Waals surface area contributed by atoms with Gasteiger partial charge in [0, 0.05) is 5.56 Å². The molecule has 0 aliphatic carbocycles. The molecule has 3 N–H and O–H groups in total. The van der Waals surface area contributed by atoms with Crippen molar-refractivity contribution in [1.29, 1.82) is 0 Å². The predicted octanol–water partition coefficient (Wildman–Crippen LogP) is 2.51. The third-order valence-corrected chi connectivity index (χ3v) is 3.28. The molecule has 102 valence electrons. The van der Waals surface area contributed by atoms with Crippen molar-refractivity contribution in [2.45, 2.75) is 12.5 Å². The van der Waals surface area contributed by atoms with Gasteiger partial charge in [0.05, 0.1) is 6.42 Å². The highest BCUT2D eigenvalue weighted by atomic mass is 16.5. The van der Waals surface area contributed by atoms with Crippen LogP contribution in [0.4, 0.5) is 0 Å². The number of hydrogen-bond donors (Lipinski definition) is 3. The lowest BCUT2D eigenvalue weighted by atomic mass is 9.95. The van der Waals surface area contributed by atoms with Crippen molar-refractivity contribution in [3.63, 3.8) is 0 Å². The van der Waals surface area contributed by atoms with Crippen molar-refractivity contribution in [3.05, 3.63) is 47.5 Å². The van der Waals surface area contributed by atoms with E-state index in [1.54, 1.807) is 12.1 Å². The van der Waals surface area contributed by atoms with Gasteiger partial charge in [-0.05, 0) is 30.3 Å². The molecule has 1 heterocycles. The topological polar surface area (TPSA) is 87.0 Å². The Bertz CT molecular complexity index is 693. The lowest BCUT2D eigenvalue weighted by Gasteiger charge is -2.26. The van der Waals surface area contributed by atoms with Gasteiger partial charge in [-0.3, -0.25) is 4.79 Å². The van der Waals surface area contributed by atoms with E-state index in [-0.39, 0.29) is 40.8 Å². The number of ether oxygens (including phenoxy) is 1. The summed E-state index contributed by atoms with van der Waals surface area (Å²) in [6.07, 6.45) is -0.703. The summed E-state index contributed by atoms with van der Waals surface area (Å²) in [5.74, 6) is -0.183. The van der Waals surface area contributed by atoms with E-state index in [9.17, 15) is 20.1 Å². The number of benzene rings is 2. The maximum absolute atomic E-state index is 12.1. The molecule has 3 rings (SSSR count). The van der Waals surface area contributed by atoms with Crippen LogP contribution in [-0.4, -0.2) is 21.1 Å². The van der Waals surface area contributed by atoms with Crippen LogP contribution in [0.2, 0.25) is 0 Å². The van der Waals surface area contributed by atoms with Gasteiger partial charge >= 0.3 is 0 Å². The second-order valence-corrected chi connectivity index (χ2v) is 4.63. The first-order valence-corrected chi connectivity index (χ1v) is 6.10. The molecule has 0 radical (unpaired) electrons. The Morgan fingerprint density at radius 1 is 1.05 bits per heavy atom. The Hall–Kier alpha value is -2.69. The minimum absolute atomic E-state index is 0.0123. The number of fused-ring (bicyclic) bond motifs is 1. The summed E-state index contributed by atoms with van der Waals surface area (Å²) in [7, 11) is 0. The molecular weight excluding hydrogens is 260 g/mol. The van der Waals surface area contributed by atoms with Gasteiger partial charge in [-0.25, -0.2) is 0 Å². The van der Waals surface area contributed by atoms with E-state index in [2.05, 4.69) is 0 Å². The van der Waals surface area contributed by atoms with Crippen molar-refractivity contribution in [2.24, 2.45) is 0 Å². The number of Topliss-reactive ketones (excluding diaryl/α,β-unsaturated/α-hetero) is 1. The molecule has 0 saturated heterocycles. The highest BCUT2D eigenvalue weighted by Crippen LogP contribution is 2.41. The van der Waals surface area contributed by atoms with Crippen LogP contribution in [0.5, 0.6) is 23.0 Å². The van der Waals surface area contributed by atoms with Gasteiger partial charge in [0.1, 0.15) is 34.7 Å². The van der Waals surface area contributed by atoms with E-state index < -0.39 is 6.10 Å². The molecule has 5 nitrogen and oxygen atoms in total. The molecule has 0 aromatic heterocycles. The Kier molecular flexibility index (Phi) is 2.75. The summed E-state index contributed by atoms with van der Waals surface area (Å²) < 4.78 is 5.65. The van der Waals surface area contributed by atoms with Crippen LogP contribution in [0.3, 0.4) is 0 Å². The minimum Gasteiger partial charge on any atom is -0.508 e. The summed E-state index contributed by atoms with van der Waals surface area (Å²) in [6.45, 7) is 0. The number of carbonyl (C=O) groups is 1. The fraction of sp³-hybridized carbons (Fsp3) is 0.133. The standard InChI is InChI=1S/C15H12O5/c16-8-4-5-10(17)9(6-8)14-7-12(19)15-11(18)2-1-3-13(15)20-14/h1-6,14,16-18H,7H2/t14-/m0/s1. The average molecular weight is 272 g/mol. The first kappa shape index (κ1) is 12.3. The van der Waals surface area contributed by atoms with Gasteiger partial charge in [-0.2, -0.15) is 0 Å². The SMILES string of the molecule is O=C1C[C@@H](c2cc(O)ccc2O)Oc2cccc(O)c21. The molecule has 0 bridgehead atoms. The molecule has 1 aliphatic rings. The van der Waals surface area contributed by atoms with Crippen molar-refractivity contribution < 1.29 is 24.9 Å². The normalized spacial score (nSPS) is 17.4. The van der Waals surface area contributed by atoms with Crippen molar-refractivity contribution in [3.8, 4) is 23.0 Å². The lowest BCUT2D eigenvalue weighted by molar-refractivity contribution is 0.0842. The van der Waals surface area contributed by atoms with E-state index >= 15 is 0 Å². The van der Waals surface area contributed by atoms with E-state index in [1.165, 1.54) is 24.3 Å². The smallest absolute Gasteiger partial charge is 0.174 e. The van der Waals surface area contributed by atoms with Crippen LogP contribution in [0.15, 0.2) is 36.4 Å². The van der Waals surface area contributed by atoms with Gasteiger partial charge in [-0.15, -0.1) is 0 Å². The number of ketones is 1.